The Kier molecular flexibility index (Phi) is 2.37. The van der Waals surface area contributed by atoms with Crippen molar-refractivity contribution < 1.29 is 4.74 Å². The highest BCUT2D eigenvalue weighted by molar-refractivity contribution is 5.34. The van der Waals surface area contributed by atoms with Crippen LogP contribution in [0.1, 0.15) is 12.8 Å². The minimum atomic E-state index is 0.172. The highest BCUT2D eigenvalue weighted by Gasteiger charge is 2.16. The molecule has 0 aliphatic carbocycles. The van der Waals surface area contributed by atoms with Gasteiger partial charge in [-0.15, -0.1) is 5.10 Å². The maximum absolute atomic E-state index is 5.82. The second-order valence-corrected chi connectivity index (χ2v) is 3.78. The number of hydrogen-bond acceptors (Lipinski definition) is 6. The van der Waals surface area contributed by atoms with Gasteiger partial charge in [-0.2, -0.15) is 4.52 Å². The van der Waals surface area contributed by atoms with Crippen molar-refractivity contribution in [2.45, 2.75) is 18.9 Å². The molecule has 1 saturated heterocycles. The van der Waals surface area contributed by atoms with Gasteiger partial charge in [-0.25, -0.2) is 0 Å². The first-order valence-corrected chi connectivity index (χ1v) is 5.33. The van der Waals surface area contributed by atoms with Crippen LogP contribution in [-0.4, -0.2) is 44.2 Å². The smallest absolute Gasteiger partial charge is 0.237 e. The molecule has 1 N–H and O–H groups in total. The third kappa shape index (κ3) is 1.69. The van der Waals surface area contributed by atoms with Crippen LogP contribution < -0.4 is 10.1 Å². The third-order valence-electron chi connectivity index (χ3n) is 2.62. The van der Waals surface area contributed by atoms with E-state index in [0.717, 1.165) is 25.9 Å². The molecule has 0 spiro atoms. The monoisotopic (exact) mass is 220 g/mol. The number of piperidine rings is 1. The van der Waals surface area contributed by atoms with Crippen molar-refractivity contribution in [2.24, 2.45) is 0 Å². The summed E-state index contributed by atoms with van der Waals surface area (Å²) in [6.07, 6.45) is 5.59. The highest BCUT2D eigenvalue weighted by Crippen LogP contribution is 2.14. The van der Waals surface area contributed by atoms with E-state index in [1.165, 1.54) is 0 Å². The van der Waals surface area contributed by atoms with Gasteiger partial charge < -0.3 is 10.1 Å². The lowest BCUT2D eigenvalue weighted by molar-refractivity contribution is 0.156. The molecule has 0 radical (unpaired) electrons. The van der Waals surface area contributed by atoms with E-state index in [1.807, 2.05) is 0 Å². The molecule has 7 nitrogen and oxygen atoms in total. The largest absolute Gasteiger partial charge is 0.472 e. The summed E-state index contributed by atoms with van der Waals surface area (Å²) in [5, 5.41) is 14.5. The SMILES string of the molecule is c1ncc2nnnn2c1O[C@H]1CCCNC1. The molecule has 16 heavy (non-hydrogen) atoms. The third-order valence-corrected chi connectivity index (χ3v) is 2.62. The van der Waals surface area contributed by atoms with E-state index >= 15 is 0 Å². The van der Waals surface area contributed by atoms with Crippen molar-refractivity contribution in [3.63, 3.8) is 0 Å². The molecule has 1 atom stereocenters. The summed E-state index contributed by atoms with van der Waals surface area (Å²) in [7, 11) is 0. The van der Waals surface area contributed by atoms with Crippen molar-refractivity contribution in [3.05, 3.63) is 12.4 Å². The Morgan fingerprint density at radius 1 is 1.44 bits per heavy atom. The van der Waals surface area contributed by atoms with Gasteiger partial charge in [-0.3, -0.25) is 4.98 Å². The van der Waals surface area contributed by atoms with Gasteiger partial charge in [0.2, 0.25) is 11.5 Å². The summed E-state index contributed by atoms with van der Waals surface area (Å²) in [6, 6.07) is 0. The lowest BCUT2D eigenvalue weighted by Crippen LogP contribution is -2.37. The first kappa shape index (κ1) is 9.46. The van der Waals surface area contributed by atoms with Crippen LogP contribution >= 0.6 is 0 Å². The first-order chi connectivity index (χ1) is 7.93. The second kappa shape index (κ2) is 4.01. The van der Waals surface area contributed by atoms with Crippen LogP contribution in [0.3, 0.4) is 0 Å². The summed E-state index contributed by atoms with van der Waals surface area (Å²) in [5.41, 5.74) is 0.598. The van der Waals surface area contributed by atoms with E-state index in [9.17, 15) is 0 Å². The predicted molar refractivity (Wildman–Crippen MR) is 55.1 cm³/mol. The Labute approximate surface area is 91.8 Å². The molecule has 0 amide bonds. The Hall–Kier alpha value is -1.76. The lowest BCUT2D eigenvalue weighted by atomic mass is 10.1. The van der Waals surface area contributed by atoms with Crippen molar-refractivity contribution in [1.29, 1.82) is 0 Å². The molecular formula is C9H12N6O. The molecule has 0 saturated carbocycles. The highest BCUT2D eigenvalue weighted by atomic mass is 16.5. The minimum Gasteiger partial charge on any atom is -0.472 e. The van der Waals surface area contributed by atoms with Crippen molar-refractivity contribution in [2.75, 3.05) is 13.1 Å². The van der Waals surface area contributed by atoms with Crippen molar-refractivity contribution >= 4 is 5.65 Å². The average Bonchev–Trinajstić information content (AvgIpc) is 2.80. The topological polar surface area (TPSA) is 77.2 Å². The fraction of sp³-hybridized carbons (Fsp3) is 0.556. The van der Waals surface area contributed by atoms with E-state index in [1.54, 1.807) is 16.9 Å². The summed E-state index contributed by atoms with van der Waals surface area (Å²) in [4.78, 5) is 4.04. The fourth-order valence-electron chi connectivity index (χ4n) is 1.83. The van der Waals surface area contributed by atoms with Gasteiger partial charge in [0.05, 0.1) is 12.4 Å². The Balaban J connectivity index is 1.85. The maximum atomic E-state index is 5.82. The molecule has 1 fully saturated rings. The minimum absolute atomic E-state index is 0.172. The molecule has 84 valence electrons. The Bertz CT molecular complexity index is 478. The lowest BCUT2D eigenvalue weighted by Gasteiger charge is -2.23. The number of aromatic nitrogens is 5. The molecule has 0 unspecified atom stereocenters. The number of nitrogens with zero attached hydrogens (tertiary/aromatic N) is 5. The van der Waals surface area contributed by atoms with Gasteiger partial charge in [-0.05, 0) is 29.8 Å². The number of hydrogen-bond donors (Lipinski definition) is 1. The van der Waals surface area contributed by atoms with E-state index in [0.29, 0.717) is 11.5 Å². The molecule has 3 heterocycles. The van der Waals surface area contributed by atoms with Crippen LogP contribution in [0.4, 0.5) is 0 Å². The molecule has 2 aromatic heterocycles. The van der Waals surface area contributed by atoms with Crippen molar-refractivity contribution in [3.8, 4) is 5.88 Å². The fourth-order valence-corrected chi connectivity index (χ4v) is 1.83. The Morgan fingerprint density at radius 3 is 3.31 bits per heavy atom. The quantitative estimate of drug-likeness (QED) is 0.745. The zero-order valence-electron chi connectivity index (χ0n) is 8.70. The molecule has 1 aliphatic rings. The molecule has 1 aliphatic heterocycles. The summed E-state index contributed by atoms with van der Waals surface area (Å²) >= 11 is 0. The van der Waals surface area contributed by atoms with Crippen LogP contribution in [0.25, 0.3) is 5.65 Å². The number of rotatable bonds is 2. The van der Waals surface area contributed by atoms with Gasteiger partial charge >= 0.3 is 0 Å². The molecule has 2 aromatic rings. The van der Waals surface area contributed by atoms with Gasteiger partial charge in [-0.1, -0.05) is 0 Å². The standard InChI is InChI=1S/C9H12N6O/c1-2-7(4-10-3-1)16-9-6-11-5-8-12-13-14-15(8)9/h5-7,10H,1-4H2/t7-/m0/s1. The Morgan fingerprint density at radius 2 is 2.44 bits per heavy atom. The van der Waals surface area contributed by atoms with Crippen LogP contribution in [0.15, 0.2) is 12.4 Å². The van der Waals surface area contributed by atoms with Crippen molar-refractivity contribution in [1.82, 2.24) is 30.3 Å². The van der Waals surface area contributed by atoms with Gasteiger partial charge in [0.15, 0.2) is 0 Å². The van der Waals surface area contributed by atoms with Crippen LogP contribution in [0, 0.1) is 0 Å². The summed E-state index contributed by atoms with van der Waals surface area (Å²) < 4.78 is 7.38. The van der Waals surface area contributed by atoms with E-state index < -0.39 is 0 Å². The van der Waals surface area contributed by atoms with E-state index in [-0.39, 0.29) is 6.10 Å². The number of tetrazole rings is 1. The predicted octanol–water partition coefficient (Wildman–Crippen LogP) is -0.350. The van der Waals surface area contributed by atoms with Gasteiger partial charge in [0.25, 0.3) is 0 Å². The molecule has 0 aromatic carbocycles. The number of ether oxygens (including phenoxy) is 1. The number of nitrogens with one attached hydrogen (secondary N) is 1. The van der Waals surface area contributed by atoms with E-state index in [4.69, 9.17) is 4.74 Å². The molecule has 3 rings (SSSR count). The molecule has 0 bridgehead atoms. The zero-order chi connectivity index (χ0) is 10.8. The normalized spacial score (nSPS) is 21.1. The summed E-state index contributed by atoms with van der Waals surface area (Å²) in [6.45, 7) is 1.92. The zero-order valence-corrected chi connectivity index (χ0v) is 8.70. The van der Waals surface area contributed by atoms with Crippen LogP contribution in [0.2, 0.25) is 0 Å². The van der Waals surface area contributed by atoms with Gasteiger partial charge in [0.1, 0.15) is 6.10 Å². The average molecular weight is 220 g/mol. The maximum Gasteiger partial charge on any atom is 0.237 e. The van der Waals surface area contributed by atoms with Gasteiger partial charge in [0, 0.05) is 6.54 Å². The molecule has 7 heteroatoms. The first-order valence-electron chi connectivity index (χ1n) is 5.33. The second-order valence-electron chi connectivity index (χ2n) is 3.78. The number of fused-ring (bicyclic) bond motifs is 1. The van der Waals surface area contributed by atoms with Crippen LogP contribution in [0.5, 0.6) is 5.88 Å². The molecular weight excluding hydrogens is 208 g/mol. The van der Waals surface area contributed by atoms with Crippen LogP contribution in [-0.2, 0) is 0 Å². The summed E-state index contributed by atoms with van der Waals surface area (Å²) in [5.74, 6) is 0.594. The van der Waals surface area contributed by atoms with E-state index in [2.05, 4.69) is 25.8 Å².